The van der Waals surface area contributed by atoms with Crippen LogP contribution in [0.4, 0.5) is 10.1 Å². The Balaban J connectivity index is 1.54. The van der Waals surface area contributed by atoms with Crippen molar-refractivity contribution in [3.8, 4) is 11.8 Å². The molecule has 1 aliphatic heterocycles. The van der Waals surface area contributed by atoms with E-state index in [-0.39, 0.29) is 25.0 Å². The molecule has 2 atom stereocenters. The summed E-state index contributed by atoms with van der Waals surface area (Å²) in [6, 6.07) is 15.8. The highest BCUT2D eigenvalue weighted by Crippen LogP contribution is 2.23. The van der Waals surface area contributed by atoms with Gasteiger partial charge in [-0.2, -0.15) is 5.26 Å². The predicted octanol–water partition coefficient (Wildman–Crippen LogP) is 2.66. The van der Waals surface area contributed by atoms with Gasteiger partial charge in [-0.25, -0.2) is 4.39 Å². The summed E-state index contributed by atoms with van der Waals surface area (Å²) in [7, 11) is 0. The van der Waals surface area contributed by atoms with E-state index in [0.717, 1.165) is 31.6 Å². The molecule has 1 heterocycles. The Morgan fingerprint density at radius 3 is 2.84 bits per heavy atom. The van der Waals surface area contributed by atoms with Crippen molar-refractivity contribution in [2.75, 3.05) is 37.7 Å². The summed E-state index contributed by atoms with van der Waals surface area (Å²) < 4.78 is 18.5. The second-order valence-corrected chi connectivity index (χ2v) is 7.70. The summed E-state index contributed by atoms with van der Waals surface area (Å²) in [4.78, 5) is 6.73. The number of halogens is 1. The molecule has 7 nitrogen and oxygen atoms in total. The smallest absolute Gasteiger partial charge is 0.191 e. The molecule has 8 heteroatoms. The standard InChI is InChI=1S/C24H30FN5O2/c1-2-27-24(28-15-21(31)17-32-22-11-9-19(25)10-12-22)29-20-7-5-13-30(16-20)23-8-4-3-6-18(23)14-26/h3-4,6,8-12,20-21,31H,2,5,7,13,15-17H2,1H3,(H2,27,28,29). The van der Waals surface area contributed by atoms with Gasteiger partial charge in [0.2, 0.25) is 0 Å². The van der Waals surface area contributed by atoms with Gasteiger partial charge in [0.15, 0.2) is 5.96 Å². The second-order valence-electron chi connectivity index (χ2n) is 7.70. The number of rotatable bonds is 8. The highest BCUT2D eigenvalue weighted by Gasteiger charge is 2.22. The summed E-state index contributed by atoms with van der Waals surface area (Å²) in [6.45, 7) is 4.59. The van der Waals surface area contributed by atoms with Crippen molar-refractivity contribution < 1.29 is 14.2 Å². The van der Waals surface area contributed by atoms with Crippen LogP contribution in [-0.2, 0) is 0 Å². The first kappa shape index (κ1) is 23.4. The van der Waals surface area contributed by atoms with E-state index < -0.39 is 6.10 Å². The zero-order valence-electron chi connectivity index (χ0n) is 18.3. The molecule has 2 aromatic rings. The molecule has 0 saturated carbocycles. The monoisotopic (exact) mass is 439 g/mol. The molecule has 0 amide bonds. The molecule has 32 heavy (non-hydrogen) atoms. The fourth-order valence-electron chi connectivity index (χ4n) is 3.64. The average molecular weight is 440 g/mol. The van der Waals surface area contributed by atoms with E-state index in [4.69, 9.17) is 4.74 Å². The van der Waals surface area contributed by atoms with Gasteiger partial charge >= 0.3 is 0 Å². The topological polar surface area (TPSA) is 92.9 Å². The van der Waals surface area contributed by atoms with Gasteiger partial charge < -0.3 is 25.4 Å². The van der Waals surface area contributed by atoms with Crippen LogP contribution in [0.5, 0.6) is 5.75 Å². The van der Waals surface area contributed by atoms with Crippen LogP contribution < -0.4 is 20.3 Å². The van der Waals surface area contributed by atoms with Gasteiger partial charge in [0, 0.05) is 25.7 Å². The molecule has 0 spiro atoms. The van der Waals surface area contributed by atoms with E-state index >= 15 is 0 Å². The van der Waals surface area contributed by atoms with Crippen LogP contribution in [0.2, 0.25) is 0 Å². The first-order valence-electron chi connectivity index (χ1n) is 10.9. The third-order valence-electron chi connectivity index (χ3n) is 5.19. The molecule has 0 aromatic heterocycles. The number of guanidine groups is 1. The maximum atomic E-state index is 13.0. The number of nitrogens with one attached hydrogen (secondary N) is 2. The van der Waals surface area contributed by atoms with E-state index in [2.05, 4.69) is 26.6 Å². The minimum atomic E-state index is -0.791. The molecule has 0 aliphatic carbocycles. The predicted molar refractivity (Wildman–Crippen MR) is 123 cm³/mol. The van der Waals surface area contributed by atoms with Gasteiger partial charge in [-0.3, -0.25) is 4.99 Å². The van der Waals surface area contributed by atoms with Gasteiger partial charge in [0.25, 0.3) is 0 Å². The maximum absolute atomic E-state index is 13.0. The average Bonchev–Trinajstić information content (AvgIpc) is 2.82. The number of para-hydroxylation sites is 1. The Hall–Kier alpha value is -3.31. The molecule has 1 saturated heterocycles. The van der Waals surface area contributed by atoms with E-state index in [1.807, 2.05) is 31.2 Å². The van der Waals surface area contributed by atoms with E-state index in [9.17, 15) is 14.8 Å². The van der Waals surface area contributed by atoms with Crippen LogP contribution in [-0.4, -0.2) is 56.0 Å². The van der Waals surface area contributed by atoms with Crippen LogP contribution in [0.1, 0.15) is 25.3 Å². The van der Waals surface area contributed by atoms with Crippen molar-refractivity contribution in [1.82, 2.24) is 10.6 Å². The van der Waals surface area contributed by atoms with Crippen molar-refractivity contribution >= 4 is 11.6 Å². The third kappa shape index (κ3) is 6.86. The van der Waals surface area contributed by atoms with Crippen LogP contribution in [0, 0.1) is 17.1 Å². The van der Waals surface area contributed by atoms with Crippen molar-refractivity contribution in [2.24, 2.45) is 4.99 Å². The van der Waals surface area contributed by atoms with Gasteiger partial charge in [-0.1, -0.05) is 12.1 Å². The minimum Gasteiger partial charge on any atom is -0.491 e. The minimum absolute atomic E-state index is 0.0662. The summed E-state index contributed by atoms with van der Waals surface area (Å²) in [5.74, 6) is 0.800. The van der Waals surface area contributed by atoms with Crippen molar-refractivity contribution in [3.05, 3.63) is 59.9 Å². The molecule has 0 bridgehead atoms. The Morgan fingerprint density at radius 2 is 2.09 bits per heavy atom. The number of hydrogen-bond donors (Lipinski definition) is 3. The zero-order chi connectivity index (χ0) is 22.8. The summed E-state index contributed by atoms with van der Waals surface area (Å²) >= 11 is 0. The number of nitrogens with zero attached hydrogens (tertiary/aromatic N) is 3. The number of ether oxygens (including phenoxy) is 1. The summed E-state index contributed by atoms with van der Waals surface area (Å²) in [5.41, 5.74) is 1.63. The lowest BCUT2D eigenvalue weighted by Crippen LogP contribution is -2.51. The Labute approximate surface area is 188 Å². The van der Waals surface area contributed by atoms with Gasteiger partial charge in [-0.05, 0) is 56.2 Å². The second kappa shape index (κ2) is 11.9. The number of piperidine rings is 1. The Bertz CT molecular complexity index is 929. The molecule has 3 N–H and O–H groups in total. The molecule has 2 aromatic carbocycles. The largest absolute Gasteiger partial charge is 0.491 e. The van der Waals surface area contributed by atoms with Crippen LogP contribution in [0.3, 0.4) is 0 Å². The molecule has 170 valence electrons. The molecular weight excluding hydrogens is 409 g/mol. The lowest BCUT2D eigenvalue weighted by Gasteiger charge is -2.35. The maximum Gasteiger partial charge on any atom is 0.191 e. The van der Waals surface area contributed by atoms with E-state index in [1.165, 1.54) is 24.3 Å². The fraction of sp³-hybridized carbons (Fsp3) is 0.417. The molecule has 1 aliphatic rings. The van der Waals surface area contributed by atoms with Gasteiger partial charge in [-0.15, -0.1) is 0 Å². The molecule has 2 unspecified atom stereocenters. The van der Waals surface area contributed by atoms with Gasteiger partial charge in [0.05, 0.1) is 17.8 Å². The Morgan fingerprint density at radius 1 is 1.31 bits per heavy atom. The first-order valence-corrected chi connectivity index (χ1v) is 10.9. The number of nitriles is 1. The first-order chi connectivity index (χ1) is 15.6. The molecular formula is C24H30FN5O2. The highest BCUT2D eigenvalue weighted by atomic mass is 19.1. The van der Waals surface area contributed by atoms with Crippen molar-refractivity contribution in [3.63, 3.8) is 0 Å². The van der Waals surface area contributed by atoms with Crippen LogP contribution in [0.15, 0.2) is 53.5 Å². The molecule has 1 fully saturated rings. The number of aliphatic hydroxyl groups is 1. The number of benzene rings is 2. The van der Waals surface area contributed by atoms with Crippen molar-refractivity contribution in [1.29, 1.82) is 5.26 Å². The third-order valence-corrected chi connectivity index (χ3v) is 5.19. The zero-order valence-corrected chi connectivity index (χ0v) is 18.3. The lowest BCUT2D eigenvalue weighted by molar-refractivity contribution is 0.114. The summed E-state index contributed by atoms with van der Waals surface area (Å²) in [5, 5.41) is 26.3. The van der Waals surface area contributed by atoms with Crippen LogP contribution >= 0.6 is 0 Å². The lowest BCUT2D eigenvalue weighted by atomic mass is 10.0. The fourth-order valence-corrected chi connectivity index (χ4v) is 3.64. The van der Waals surface area contributed by atoms with Crippen molar-refractivity contribution in [2.45, 2.75) is 31.9 Å². The van der Waals surface area contributed by atoms with Gasteiger partial charge in [0.1, 0.15) is 30.3 Å². The number of aliphatic hydroxyl groups excluding tert-OH is 1. The molecule has 0 radical (unpaired) electrons. The summed E-state index contributed by atoms with van der Waals surface area (Å²) in [6.07, 6.45) is 1.21. The van der Waals surface area contributed by atoms with E-state index in [1.54, 1.807) is 0 Å². The van der Waals surface area contributed by atoms with Crippen LogP contribution in [0.25, 0.3) is 0 Å². The highest BCUT2D eigenvalue weighted by molar-refractivity contribution is 5.80. The number of hydrogen-bond acceptors (Lipinski definition) is 5. The SMILES string of the molecule is CCNC(=NCC(O)COc1ccc(F)cc1)NC1CCCN(c2ccccc2C#N)C1. The van der Waals surface area contributed by atoms with E-state index in [0.29, 0.717) is 23.8 Å². The number of anilines is 1. The Kier molecular flexibility index (Phi) is 8.70. The normalized spacial score (nSPS) is 17.4. The number of aliphatic imine (C=N–C) groups is 1. The quantitative estimate of drug-likeness (QED) is 0.433. The molecule has 3 rings (SSSR count).